The van der Waals surface area contributed by atoms with Crippen LogP contribution in [0.3, 0.4) is 0 Å². The summed E-state index contributed by atoms with van der Waals surface area (Å²) in [5.74, 6) is 0. The predicted octanol–water partition coefficient (Wildman–Crippen LogP) is 1.83. The number of nitrogens with two attached hydrogens (primary N) is 1. The minimum Gasteiger partial charge on any atom is -0.398 e. The lowest BCUT2D eigenvalue weighted by atomic mass is 9.88. The Morgan fingerprint density at radius 3 is 2.46 bits per heavy atom. The van der Waals surface area contributed by atoms with Crippen molar-refractivity contribution in [2.24, 2.45) is 0 Å². The average molecular weight is 175 g/mol. The molecule has 0 radical (unpaired) electrons. The van der Waals surface area contributed by atoms with Crippen molar-refractivity contribution in [2.45, 2.75) is 26.2 Å². The molecule has 3 nitrogen and oxygen atoms in total. The second kappa shape index (κ2) is 3.06. The van der Waals surface area contributed by atoms with Gasteiger partial charge in [-0.15, -0.1) is 0 Å². The number of hydrogen-bond donors (Lipinski definition) is 1. The molecule has 0 fully saturated rings. The van der Waals surface area contributed by atoms with Crippen molar-refractivity contribution in [3.05, 3.63) is 23.5 Å². The standard InChI is InChI=1S/C10H13N3/c1-10(2,3)9-7(6-11)8(12)4-5-13-9/h4-5H,1-3H3,(H2,12,13). The molecule has 0 saturated heterocycles. The van der Waals surface area contributed by atoms with E-state index in [2.05, 4.69) is 11.1 Å². The van der Waals surface area contributed by atoms with Gasteiger partial charge < -0.3 is 5.73 Å². The summed E-state index contributed by atoms with van der Waals surface area (Å²) in [6.07, 6.45) is 1.64. The van der Waals surface area contributed by atoms with E-state index in [1.165, 1.54) is 0 Å². The van der Waals surface area contributed by atoms with E-state index in [1.807, 2.05) is 20.8 Å². The number of aromatic nitrogens is 1. The molecule has 0 saturated carbocycles. The highest BCUT2D eigenvalue weighted by molar-refractivity contribution is 5.56. The molecule has 0 unspecified atom stereocenters. The zero-order valence-electron chi connectivity index (χ0n) is 8.13. The van der Waals surface area contributed by atoms with E-state index in [4.69, 9.17) is 11.0 Å². The molecule has 0 atom stereocenters. The Kier molecular flexibility index (Phi) is 2.24. The van der Waals surface area contributed by atoms with Crippen LogP contribution in [-0.2, 0) is 5.41 Å². The van der Waals surface area contributed by atoms with Crippen LogP contribution in [0.15, 0.2) is 12.3 Å². The van der Waals surface area contributed by atoms with Crippen LogP contribution in [0.5, 0.6) is 0 Å². The van der Waals surface area contributed by atoms with E-state index in [1.54, 1.807) is 12.3 Å². The smallest absolute Gasteiger partial charge is 0.103 e. The van der Waals surface area contributed by atoms with Crippen LogP contribution in [0.2, 0.25) is 0 Å². The minimum absolute atomic E-state index is 0.138. The van der Waals surface area contributed by atoms with E-state index in [9.17, 15) is 0 Å². The summed E-state index contributed by atoms with van der Waals surface area (Å²) in [6.45, 7) is 6.03. The summed E-state index contributed by atoms with van der Waals surface area (Å²) in [5, 5.41) is 8.89. The van der Waals surface area contributed by atoms with Gasteiger partial charge in [-0.25, -0.2) is 0 Å². The maximum absolute atomic E-state index is 8.89. The predicted molar refractivity (Wildman–Crippen MR) is 52.1 cm³/mol. The van der Waals surface area contributed by atoms with Crippen molar-refractivity contribution in [1.82, 2.24) is 4.98 Å². The van der Waals surface area contributed by atoms with E-state index in [0.717, 1.165) is 5.69 Å². The fourth-order valence-corrected chi connectivity index (χ4v) is 1.16. The number of rotatable bonds is 0. The molecule has 0 aliphatic carbocycles. The molecule has 2 N–H and O–H groups in total. The average Bonchev–Trinajstić information content (AvgIpc) is 2.02. The number of nitriles is 1. The summed E-state index contributed by atoms with van der Waals surface area (Å²) in [5.41, 5.74) is 7.28. The van der Waals surface area contributed by atoms with E-state index < -0.39 is 0 Å². The third-order valence-electron chi connectivity index (χ3n) is 1.81. The third-order valence-corrected chi connectivity index (χ3v) is 1.81. The van der Waals surface area contributed by atoms with Crippen LogP contribution in [0, 0.1) is 11.3 Å². The molecule has 0 aromatic carbocycles. The van der Waals surface area contributed by atoms with E-state index in [-0.39, 0.29) is 5.41 Å². The lowest BCUT2D eigenvalue weighted by Crippen LogP contribution is -2.16. The second-order valence-electron chi connectivity index (χ2n) is 3.99. The summed E-state index contributed by atoms with van der Waals surface area (Å²) in [4.78, 5) is 4.18. The number of hydrogen-bond acceptors (Lipinski definition) is 3. The van der Waals surface area contributed by atoms with Crippen LogP contribution in [-0.4, -0.2) is 4.98 Å². The summed E-state index contributed by atoms with van der Waals surface area (Å²) in [6, 6.07) is 3.73. The molecule has 0 aliphatic rings. The van der Waals surface area contributed by atoms with Crippen molar-refractivity contribution in [2.75, 3.05) is 5.73 Å². The minimum atomic E-state index is -0.138. The van der Waals surface area contributed by atoms with Gasteiger partial charge in [-0.1, -0.05) is 20.8 Å². The molecule has 3 heteroatoms. The molecule has 1 aromatic heterocycles. The monoisotopic (exact) mass is 175 g/mol. The maximum Gasteiger partial charge on any atom is 0.103 e. The third kappa shape index (κ3) is 1.78. The lowest BCUT2D eigenvalue weighted by Gasteiger charge is -2.19. The Balaban J connectivity index is 3.40. The van der Waals surface area contributed by atoms with Gasteiger partial charge in [0.15, 0.2) is 0 Å². The fraction of sp³-hybridized carbons (Fsp3) is 0.400. The van der Waals surface area contributed by atoms with Crippen LogP contribution >= 0.6 is 0 Å². The molecule has 0 bridgehead atoms. The first-order chi connectivity index (χ1) is 5.96. The first-order valence-electron chi connectivity index (χ1n) is 4.12. The second-order valence-corrected chi connectivity index (χ2v) is 3.99. The van der Waals surface area contributed by atoms with Gasteiger partial charge in [-0.2, -0.15) is 5.26 Å². The molecule has 1 rings (SSSR count). The Bertz CT molecular complexity index is 355. The van der Waals surface area contributed by atoms with Gasteiger partial charge in [0, 0.05) is 11.6 Å². The SMILES string of the molecule is CC(C)(C)c1nccc(N)c1C#N. The van der Waals surface area contributed by atoms with Crippen LogP contribution in [0.1, 0.15) is 32.0 Å². The van der Waals surface area contributed by atoms with Gasteiger partial charge in [0.2, 0.25) is 0 Å². The lowest BCUT2D eigenvalue weighted by molar-refractivity contribution is 0.567. The Morgan fingerprint density at radius 2 is 2.08 bits per heavy atom. The molecule has 13 heavy (non-hydrogen) atoms. The van der Waals surface area contributed by atoms with E-state index in [0.29, 0.717) is 11.3 Å². The molecular weight excluding hydrogens is 162 g/mol. The quantitative estimate of drug-likeness (QED) is 0.654. The summed E-state index contributed by atoms with van der Waals surface area (Å²) < 4.78 is 0. The molecule has 1 aromatic rings. The largest absolute Gasteiger partial charge is 0.398 e. The highest BCUT2D eigenvalue weighted by atomic mass is 14.7. The molecular formula is C10H13N3. The van der Waals surface area contributed by atoms with Gasteiger partial charge in [0.05, 0.1) is 16.9 Å². The zero-order chi connectivity index (χ0) is 10.1. The summed E-state index contributed by atoms with van der Waals surface area (Å²) in [7, 11) is 0. The van der Waals surface area contributed by atoms with Gasteiger partial charge >= 0.3 is 0 Å². The normalized spacial score (nSPS) is 10.9. The van der Waals surface area contributed by atoms with Gasteiger partial charge in [-0.05, 0) is 6.07 Å². The zero-order valence-corrected chi connectivity index (χ0v) is 8.13. The van der Waals surface area contributed by atoms with Crippen molar-refractivity contribution >= 4 is 5.69 Å². The van der Waals surface area contributed by atoms with Gasteiger partial charge in [0.25, 0.3) is 0 Å². The fourth-order valence-electron chi connectivity index (χ4n) is 1.16. The maximum atomic E-state index is 8.89. The summed E-state index contributed by atoms with van der Waals surface area (Å²) >= 11 is 0. The number of anilines is 1. The first-order valence-corrected chi connectivity index (χ1v) is 4.12. The van der Waals surface area contributed by atoms with Crippen LogP contribution in [0.4, 0.5) is 5.69 Å². The Morgan fingerprint density at radius 1 is 1.46 bits per heavy atom. The van der Waals surface area contributed by atoms with Crippen molar-refractivity contribution < 1.29 is 0 Å². The molecule has 0 spiro atoms. The first kappa shape index (κ1) is 9.53. The number of nitrogen functional groups attached to an aromatic ring is 1. The highest BCUT2D eigenvalue weighted by Crippen LogP contribution is 2.25. The van der Waals surface area contributed by atoms with Gasteiger partial charge in [0.1, 0.15) is 6.07 Å². The van der Waals surface area contributed by atoms with Crippen LogP contribution in [0.25, 0.3) is 0 Å². The van der Waals surface area contributed by atoms with Crippen molar-refractivity contribution in [3.8, 4) is 6.07 Å². The number of pyridine rings is 1. The number of nitrogens with zero attached hydrogens (tertiary/aromatic N) is 2. The molecule has 0 amide bonds. The topological polar surface area (TPSA) is 62.7 Å². The molecule has 1 heterocycles. The Labute approximate surface area is 78.2 Å². The van der Waals surface area contributed by atoms with E-state index >= 15 is 0 Å². The molecule has 0 aliphatic heterocycles. The van der Waals surface area contributed by atoms with Crippen LogP contribution < -0.4 is 5.73 Å². The molecule has 68 valence electrons. The highest BCUT2D eigenvalue weighted by Gasteiger charge is 2.20. The van der Waals surface area contributed by atoms with Gasteiger partial charge in [-0.3, -0.25) is 4.98 Å². The van der Waals surface area contributed by atoms with Crippen molar-refractivity contribution in [1.29, 1.82) is 5.26 Å². The van der Waals surface area contributed by atoms with Crippen molar-refractivity contribution in [3.63, 3.8) is 0 Å². The Hall–Kier alpha value is -1.56.